The number of aromatic nitrogens is 4. The minimum Gasteiger partial charge on any atom is -0.309 e. The fourth-order valence-corrected chi connectivity index (χ4v) is 10.0. The van der Waals surface area contributed by atoms with Crippen molar-refractivity contribution in [3.05, 3.63) is 151 Å². The van der Waals surface area contributed by atoms with E-state index in [1.165, 1.54) is 67.8 Å². The highest BCUT2D eigenvalue weighted by Gasteiger charge is 2.19. The molecule has 0 saturated heterocycles. The maximum atomic E-state index is 5.13. The molecule has 240 valence electrons. The molecule has 0 unspecified atom stereocenters. The van der Waals surface area contributed by atoms with Crippen LogP contribution in [-0.2, 0) is 0 Å². The predicted molar refractivity (Wildman–Crippen MR) is 217 cm³/mol. The molecule has 6 aromatic carbocycles. The average molecular weight is 689 g/mol. The SMILES string of the molecule is C1=CC(c2nc(-c3ccccc3)nc(-c3cccc4sc5cc6c(cc5c34)sc3cc(-n4c5ccccc5c5ccccc54)ccc36)n2)=CCC1. The van der Waals surface area contributed by atoms with E-state index in [2.05, 4.69) is 132 Å². The second kappa shape index (κ2) is 11.3. The molecular formula is C45H28N4S2. The van der Waals surface area contributed by atoms with E-state index in [0.29, 0.717) is 11.6 Å². The Morgan fingerprint density at radius 1 is 0.490 bits per heavy atom. The zero-order valence-corrected chi connectivity index (χ0v) is 29.0. The number of rotatable bonds is 4. The molecule has 0 fully saturated rings. The quantitative estimate of drug-likeness (QED) is 0.185. The maximum Gasteiger partial charge on any atom is 0.164 e. The van der Waals surface area contributed by atoms with Gasteiger partial charge in [-0.15, -0.1) is 22.7 Å². The first kappa shape index (κ1) is 28.8. The minimum absolute atomic E-state index is 0.693. The van der Waals surface area contributed by atoms with E-state index in [4.69, 9.17) is 15.0 Å². The molecule has 0 bridgehead atoms. The molecule has 10 aromatic rings. The highest BCUT2D eigenvalue weighted by Crippen LogP contribution is 2.45. The zero-order chi connectivity index (χ0) is 33.5. The van der Waals surface area contributed by atoms with Crippen LogP contribution < -0.4 is 0 Å². The fourth-order valence-electron chi connectivity index (χ4n) is 7.73. The van der Waals surface area contributed by atoms with Gasteiger partial charge in [0.25, 0.3) is 0 Å². The van der Waals surface area contributed by atoms with Crippen LogP contribution in [0.1, 0.15) is 18.7 Å². The summed E-state index contributed by atoms with van der Waals surface area (Å²) in [5, 5.41) is 7.59. The Kier molecular flexibility index (Phi) is 6.38. The van der Waals surface area contributed by atoms with E-state index >= 15 is 0 Å². The fraction of sp³-hybridized carbons (Fsp3) is 0.0444. The van der Waals surface area contributed by atoms with Gasteiger partial charge in [0.15, 0.2) is 17.5 Å². The third kappa shape index (κ3) is 4.54. The number of hydrogen-bond acceptors (Lipinski definition) is 5. The van der Waals surface area contributed by atoms with Crippen LogP contribution in [0.3, 0.4) is 0 Å². The number of para-hydroxylation sites is 2. The van der Waals surface area contributed by atoms with E-state index in [-0.39, 0.29) is 0 Å². The molecule has 1 aliphatic carbocycles. The van der Waals surface area contributed by atoms with Gasteiger partial charge in [0, 0.05) is 73.5 Å². The van der Waals surface area contributed by atoms with Crippen LogP contribution >= 0.6 is 22.7 Å². The van der Waals surface area contributed by atoms with Gasteiger partial charge in [0.05, 0.1) is 11.0 Å². The van der Waals surface area contributed by atoms with Crippen LogP contribution in [0.4, 0.5) is 0 Å². The first-order chi connectivity index (χ1) is 25.3. The Labute approximate surface area is 301 Å². The minimum atomic E-state index is 0.693. The number of benzene rings is 6. The third-order valence-electron chi connectivity index (χ3n) is 10.1. The first-order valence-corrected chi connectivity index (χ1v) is 18.9. The van der Waals surface area contributed by atoms with Gasteiger partial charge in [-0.3, -0.25) is 0 Å². The molecule has 0 spiro atoms. The van der Waals surface area contributed by atoms with Gasteiger partial charge in [-0.1, -0.05) is 103 Å². The maximum absolute atomic E-state index is 5.13. The summed E-state index contributed by atoms with van der Waals surface area (Å²) in [5.41, 5.74) is 6.71. The second-order valence-electron chi connectivity index (χ2n) is 13.1. The molecule has 4 aromatic heterocycles. The van der Waals surface area contributed by atoms with Gasteiger partial charge < -0.3 is 4.57 Å². The van der Waals surface area contributed by atoms with Gasteiger partial charge in [-0.25, -0.2) is 15.0 Å². The van der Waals surface area contributed by atoms with Crippen LogP contribution in [0.2, 0.25) is 0 Å². The molecule has 0 aliphatic heterocycles. The lowest BCUT2D eigenvalue weighted by Crippen LogP contribution is -2.03. The van der Waals surface area contributed by atoms with Gasteiger partial charge in [0.1, 0.15) is 0 Å². The first-order valence-electron chi connectivity index (χ1n) is 17.3. The molecule has 51 heavy (non-hydrogen) atoms. The molecule has 0 amide bonds. The molecule has 4 nitrogen and oxygen atoms in total. The van der Waals surface area contributed by atoms with Gasteiger partial charge in [-0.2, -0.15) is 0 Å². The summed E-state index contributed by atoms with van der Waals surface area (Å²) < 4.78 is 7.48. The zero-order valence-electron chi connectivity index (χ0n) is 27.4. The molecule has 0 saturated carbocycles. The molecule has 0 radical (unpaired) electrons. The average Bonchev–Trinajstić information content (AvgIpc) is 3.86. The van der Waals surface area contributed by atoms with Crippen molar-refractivity contribution in [2.45, 2.75) is 12.8 Å². The number of fused-ring (bicyclic) bond motifs is 9. The standard InChI is InChI=1S/C45H28N4S2/c1-3-12-27(13-4-1)43-46-44(28-14-5-2-6-15-28)48-45(47-43)33-18-11-21-38-42(33)35-26-40-34(25-41(35)50-38)32-23-22-29(24-39(32)51-40)49-36-19-9-7-16-30(36)31-17-8-10-20-37(31)49/h1,3-5,7-26H,2,6H2. The van der Waals surface area contributed by atoms with E-state index in [1.807, 2.05) is 40.9 Å². The topological polar surface area (TPSA) is 43.6 Å². The predicted octanol–water partition coefficient (Wildman–Crippen LogP) is 12.8. The van der Waals surface area contributed by atoms with Crippen molar-refractivity contribution in [2.24, 2.45) is 0 Å². The van der Waals surface area contributed by atoms with Crippen molar-refractivity contribution in [3.63, 3.8) is 0 Å². The van der Waals surface area contributed by atoms with E-state index in [1.54, 1.807) is 0 Å². The summed E-state index contributed by atoms with van der Waals surface area (Å²) >= 11 is 3.71. The highest BCUT2D eigenvalue weighted by atomic mass is 32.1. The Balaban J connectivity index is 1.10. The van der Waals surface area contributed by atoms with Crippen molar-refractivity contribution in [3.8, 4) is 28.5 Å². The highest BCUT2D eigenvalue weighted by molar-refractivity contribution is 7.27. The van der Waals surface area contributed by atoms with Crippen molar-refractivity contribution in [1.82, 2.24) is 19.5 Å². The number of thiophene rings is 2. The van der Waals surface area contributed by atoms with Gasteiger partial charge in [-0.05, 0) is 55.3 Å². The van der Waals surface area contributed by atoms with E-state index < -0.39 is 0 Å². The Hall–Kier alpha value is -5.95. The molecular weight excluding hydrogens is 661 g/mol. The lowest BCUT2D eigenvalue weighted by Gasteiger charge is -2.11. The monoisotopic (exact) mass is 688 g/mol. The van der Waals surface area contributed by atoms with Crippen molar-refractivity contribution in [1.29, 1.82) is 0 Å². The normalized spacial score (nSPS) is 13.4. The smallest absolute Gasteiger partial charge is 0.164 e. The summed E-state index contributed by atoms with van der Waals surface area (Å²) in [6.07, 6.45) is 8.61. The van der Waals surface area contributed by atoms with Crippen molar-refractivity contribution >= 4 is 90.4 Å². The summed E-state index contributed by atoms with van der Waals surface area (Å²) in [6, 6.07) is 45.9. The van der Waals surface area contributed by atoms with Crippen LogP contribution in [0.15, 0.2) is 146 Å². The largest absolute Gasteiger partial charge is 0.309 e. The second-order valence-corrected chi connectivity index (χ2v) is 15.3. The Morgan fingerprint density at radius 3 is 1.98 bits per heavy atom. The van der Waals surface area contributed by atoms with Crippen molar-refractivity contribution in [2.75, 3.05) is 0 Å². The van der Waals surface area contributed by atoms with E-state index in [9.17, 15) is 0 Å². The molecule has 4 heterocycles. The van der Waals surface area contributed by atoms with Crippen LogP contribution in [0.5, 0.6) is 0 Å². The Bertz CT molecular complexity index is 3030. The van der Waals surface area contributed by atoms with E-state index in [0.717, 1.165) is 35.4 Å². The molecule has 11 rings (SSSR count). The molecule has 6 heteroatoms. The van der Waals surface area contributed by atoms with Crippen LogP contribution in [0.25, 0.3) is 96.2 Å². The molecule has 1 aliphatic rings. The summed E-state index contributed by atoms with van der Waals surface area (Å²) in [5.74, 6) is 2.12. The Morgan fingerprint density at radius 2 is 1.18 bits per heavy atom. The third-order valence-corrected chi connectivity index (χ3v) is 12.3. The summed E-state index contributed by atoms with van der Waals surface area (Å²) in [6.45, 7) is 0. The number of allylic oxidation sites excluding steroid dienone is 4. The molecule has 0 N–H and O–H groups in total. The summed E-state index contributed by atoms with van der Waals surface area (Å²) in [7, 11) is 0. The van der Waals surface area contributed by atoms with Crippen LogP contribution in [-0.4, -0.2) is 19.5 Å². The van der Waals surface area contributed by atoms with Crippen molar-refractivity contribution < 1.29 is 0 Å². The van der Waals surface area contributed by atoms with Gasteiger partial charge >= 0.3 is 0 Å². The lowest BCUT2D eigenvalue weighted by atomic mass is 10.0. The van der Waals surface area contributed by atoms with Gasteiger partial charge in [0.2, 0.25) is 0 Å². The summed E-state index contributed by atoms with van der Waals surface area (Å²) in [4.78, 5) is 15.2. The lowest BCUT2D eigenvalue weighted by molar-refractivity contribution is 1.01. The number of hydrogen-bond donors (Lipinski definition) is 0. The molecule has 0 atom stereocenters. The van der Waals surface area contributed by atoms with Crippen LogP contribution in [0, 0.1) is 0 Å². The number of nitrogens with zero attached hydrogens (tertiary/aromatic N) is 4.